The molecule has 0 bridgehead atoms. The number of esters is 1. The summed E-state index contributed by atoms with van der Waals surface area (Å²) < 4.78 is 57.3. The first-order chi connectivity index (χ1) is 30.6. The number of pyridine rings is 3. The van der Waals surface area contributed by atoms with Crippen molar-refractivity contribution in [1.82, 2.24) is 40.7 Å². The SMILES string of the molecule is CNC(=O)c1ccc(N2CCN(C(=O)OC(C)(C)C)CC2)c(F)n1.CNC(=O)c1ccc(N2CCNCC2)c(F)n1.COC(=O)c1ccc(N2CCN(C(=O)OC(C)(C)C)CC2)c(F)n1. The van der Waals surface area contributed by atoms with Crippen LogP contribution in [0.4, 0.5) is 39.8 Å². The zero-order chi connectivity index (χ0) is 48.1. The number of aromatic nitrogens is 3. The number of nitrogens with one attached hydrogen (secondary N) is 3. The molecule has 3 aromatic heterocycles. The van der Waals surface area contributed by atoms with Gasteiger partial charge >= 0.3 is 18.2 Å². The number of ether oxygens (including phenoxy) is 3. The highest BCUT2D eigenvalue weighted by molar-refractivity contribution is 5.92. The Morgan fingerprint density at radius 2 is 0.862 bits per heavy atom. The maximum Gasteiger partial charge on any atom is 0.410 e. The molecule has 0 saturated carbocycles. The Kier molecular flexibility index (Phi) is 18.1. The smallest absolute Gasteiger partial charge is 0.410 e. The molecular formula is C43H60F3N11O8. The number of amides is 4. The van der Waals surface area contributed by atoms with Crippen LogP contribution in [0.25, 0.3) is 0 Å². The summed E-state index contributed by atoms with van der Waals surface area (Å²) in [6, 6.07) is 9.09. The van der Waals surface area contributed by atoms with Crippen molar-refractivity contribution >= 4 is 47.0 Å². The highest BCUT2D eigenvalue weighted by Crippen LogP contribution is 2.23. The van der Waals surface area contributed by atoms with Gasteiger partial charge in [0.25, 0.3) is 11.8 Å². The van der Waals surface area contributed by atoms with E-state index in [0.29, 0.717) is 69.4 Å². The highest BCUT2D eigenvalue weighted by Gasteiger charge is 2.29. The van der Waals surface area contributed by atoms with Crippen molar-refractivity contribution in [3.8, 4) is 0 Å². The largest absolute Gasteiger partial charge is 0.464 e. The fraction of sp³-hybridized carbons (Fsp3) is 0.535. The molecule has 6 heterocycles. The van der Waals surface area contributed by atoms with Crippen LogP contribution in [-0.4, -0.2) is 166 Å². The van der Waals surface area contributed by atoms with E-state index in [-0.39, 0.29) is 35.2 Å². The van der Waals surface area contributed by atoms with Crippen LogP contribution < -0.4 is 30.7 Å². The standard InChI is InChI=1S/C16H23FN4O3.C16H22FN3O4.C11H15FN4O/c1-16(2,3)24-15(23)21-9-7-20(8-10-21)12-6-5-11(14(22)18-4)19-13(12)17;1-16(2,3)24-15(22)20-9-7-19(8-10-20)12-6-5-11(14(21)23-4)18-13(12)17;1-13-11(17)8-2-3-9(10(12)15-8)16-6-4-14-5-7-16/h5-6H,7-10H2,1-4H3,(H,18,22);5-6H,7-10H2,1-4H3;2-3,14H,4-7H2,1H3,(H,13,17). The topological polar surface area (TPSA) is 204 Å². The second-order valence-electron chi connectivity index (χ2n) is 16.8. The van der Waals surface area contributed by atoms with E-state index in [2.05, 4.69) is 35.6 Å². The maximum absolute atomic E-state index is 14.2. The van der Waals surface area contributed by atoms with Crippen LogP contribution in [0.3, 0.4) is 0 Å². The number of carbonyl (C=O) groups excluding carboxylic acids is 5. The van der Waals surface area contributed by atoms with Gasteiger partial charge in [-0.25, -0.2) is 29.3 Å². The lowest BCUT2D eigenvalue weighted by molar-refractivity contribution is 0.0230. The molecule has 0 aromatic carbocycles. The minimum Gasteiger partial charge on any atom is -0.464 e. The summed E-state index contributed by atoms with van der Waals surface area (Å²) in [6.07, 6.45) is -0.738. The molecule has 3 saturated heterocycles. The van der Waals surface area contributed by atoms with Gasteiger partial charge in [0, 0.05) is 92.6 Å². The molecule has 0 spiro atoms. The number of piperazine rings is 3. The monoisotopic (exact) mass is 915 g/mol. The van der Waals surface area contributed by atoms with Gasteiger partial charge in [0.2, 0.25) is 17.8 Å². The number of methoxy groups -OCH3 is 1. The molecule has 22 heteroatoms. The Morgan fingerprint density at radius 3 is 1.17 bits per heavy atom. The summed E-state index contributed by atoms with van der Waals surface area (Å²) >= 11 is 0. The minimum atomic E-state index is -0.733. The second kappa shape index (κ2) is 22.9. The number of hydrogen-bond donors (Lipinski definition) is 3. The molecule has 356 valence electrons. The number of nitrogens with zero attached hydrogens (tertiary/aromatic N) is 8. The van der Waals surface area contributed by atoms with Crippen molar-refractivity contribution in [3.05, 3.63) is 71.3 Å². The fourth-order valence-corrected chi connectivity index (χ4v) is 6.53. The van der Waals surface area contributed by atoms with Crippen molar-refractivity contribution in [1.29, 1.82) is 0 Å². The Labute approximate surface area is 377 Å². The molecule has 3 aliphatic rings. The zero-order valence-corrected chi connectivity index (χ0v) is 38.4. The van der Waals surface area contributed by atoms with Crippen LogP contribution in [0, 0.1) is 17.8 Å². The van der Waals surface area contributed by atoms with E-state index in [9.17, 15) is 37.1 Å². The summed E-state index contributed by atoms with van der Waals surface area (Å²) in [4.78, 5) is 77.9. The van der Waals surface area contributed by atoms with Gasteiger partial charge in [0.1, 0.15) is 22.6 Å². The van der Waals surface area contributed by atoms with Crippen molar-refractivity contribution in [2.45, 2.75) is 52.7 Å². The molecule has 3 N–H and O–H groups in total. The van der Waals surface area contributed by atoms with E-state index in [1.54, 1.807) is 31.7 Å². The molecule has 0 aliphatic carbocycles. The third kappa shape index (κ3) is 15.1. The number of hydrogen-bond acceptors (Lipinski definition) is 15. The van der Waals surface area contributed by atoms with Crippen LogP contribution in [0.5, 0.6) is 0 Å². The number of halogens is 3. The van der Waals surface area contributed by atoms with Gasteiger partial charge in [-0.15, -0.1) is 0 Å². The normalized spacial score (nSPS) is 15.4. The van der Waals surface area contributed by atoms with E-state index in [0.717, 1.165) is 26.2 Å². The van der Waals surface area contributed by atoms with Crippen molar-refractivity contribution in [2.75, 3.05) is 114 Å². The Balaban J connectivity index is 0.000000217. The van der Waals surface area contributed by atoms with Gasteiger partial charge in [-0.3, -0.25) is 9.59 Å². The van der Waals surface area contributed by atoms with Crippen LogP contribution >= 0.6 is 0 Å². The molecule has 4 amide bonds. The average molecular weight is 916 g/mol. The first kappa shape index (κ1) is 51.2. The molecule has 19 nitrogen and oxygen atoms in total. The molecule has 0 atom stereocenters. The molecule has 65 heavy (non-hydrogen) atoms. The zero-order valence-electron chi connectivity index (χ0n) is 38.4. The van der Waals surface area contributed by atoms with E-state index < -0.39 is 40.9 Å². The van der Waals surface area contributed by atoms with Gasteiger partial charge in [-0.2, -0.15) is 13.2 Å². The first-order valence-electron chi connectivity index (χ1n) is 21.1. The maximum atomic E-state index is 14.2. The summed E-state index contributed by atoms with van der Waals surface area (Å²) in [6.45, 7) is 17.6. The Hall–Kier alpha value is -6.45. The lowest BCUT2D eigenvalue weighted by Gasteiger charge is -2.36. The summed E-state index contributed by atoms with van der Waals surface area (Å²) in [7, 11) is 4.17. The van der Waals surface area contributed by atoms with Gasteiger partial charge in [-0.05, 0) is 77.9 Å². The highest BCUT2D eigenvalue weighted by atomic mass is 19.1. The van der Waals surface area contributed by atoms with Gasteiger partial charge in [-0.1, -0.05) is 0 Å². The molecule has 3 aliphatic heterocycles. The van der Waals surface area contributed by atoms with Crippen molar-refractivity contribution in [2.24, 2.45) is 0 Å². The van der Waals surface area contributed by atoms with E-state index >= 15 is 0 Å². The Bertz CT molecular complexity index is 2020. The molecule has 3 fully saturated rings. The third-order valence-corrected chi connectivity index (χ3v) is 9.80. The number of carbonyl (C=O) groups is 5. The number of rotatable bonds is 6. The molecular weight excluding hydrogens is 856 g/mol. The van der Waals surface area contributed by atoms with Crippen LogP contribution in [0.15, 0.2) is 36.4 Å². The average Bonchev–Trinajstić information content (AvgIpc) is 3.27. The van der Waals surface area contributed by atoms with Crippen LogP contribution in [0.2, 0.25) is 0 Å². The third-order valence-electron chi connectivity index (χ3n) is 9.80. The predicted molar refractivity (Wildman–Crippen MR) is 236 cm³/mol. The van der Waals surface area contributed by atoms with E-state index in [1.807, 2.05) is 46.4 Å². The van der Waals surface area contributed by atoms with Gasteiger partial charge in [0.05, 0.1) is 24.2 Å². The molecule has 3 aromatic rings. The lowest BCUT2D eigenvalue weighted by Crippen LogP contribution is -2.50. The van der Waals surface area contributed by atoms with Crippen molar-refractivity contribution in [3.63, 3.8) is 0 Å². The second-order valence-corrected chi connectivity index (χ2v) is 16.8. The molecule has 0 radical (unpaired) electrons. The quantitative estimate of drug-likeness (QED) is 0.183. The molecule has 0 unspecified atom stereocenters. The summed E-state index contributed by atoms with van der Waals surface area (Å²) in [5.74, 6) is -3.51. The minimum absolute atomic E-state index is 0.0335. The lowest BCUT2D eigenvalue weighted by atomic mass is 10.2. The van der Waals surface area contributed by atoms with Gasteiger partial charge in [0.15, 0.2) is 5.69 Å². The fourth-order valence-electron chi connectivity index (χ4n) is 6.53. The van der Waals surface area contributed by atoms with Crippen LogP contribution in [-0.2, 0) is 14.2 Å². The predicted octanol–water partition coefficient (Wildman–Crippen LogP) is 3.69. The summed E-state index contributed by atoms with van der Waals surface area (Å²) in [5, 5.41) is 8.01. The molecule has 6 rings (SSSR count). The van der Waals surface area contributed by atoms with Crippen LogP contribution in [0.1, 0.15) is 73.0 Å². The summed E-state index contributed by atoms with van der Waals surface area (Å²) in [5.41, 5.74) is 0.0479. The Morgan fingerprint density at radius 1 is 0.538 bits per heavy atom. The van der Waals surface area contributed by atoms with E-state index in [4.69, 9.17) is 9.47 Å². The van der Waals surface area contributed by atoms with E-state index in [1.165, 1.54) is 45.5 Å². The van der Waals surface area contributed by atoms with Crippen molar-refractivity contribution < 1.29 is 51.4 Å². The van der Waals surface area contributed by atoms with Gasteiger partial charge < -0.3 is 54.7 Å². The number of anilines is 3. The first-order valence-corrected chi connectivity index (χ1v) is 21.1.